The van der Waals surface area contributed by atoms with Crippen molar-refractivity contribution in [1.82, 2.24) is 14.6 Å². The molecule has 4 aromatic rings. The number of aryl methyl sites for hydroxylation is 1. The minimum atomic E-state index is -4.49. The van der Waals surface area contributed by atoms with Crippen molar-refractivity contribution in [2.75, 3.05) is 5.32 Å². The molecule has 0 saturated carbocycles. The Labute approximate surface area is 189 Å². The first-order valence-corrected chi connectivity index (χ1v) is 10.7. The number of para-hydroxylation sites is 1. The van der Waals surface area contributed by atoms with E-state index in [9.17, 15) is 22.8 Å². The maximum absolute atomic E-state index is 13.0. The van der Waals surface area contributed by atoms with Crippen molar-refractivity contribution < 1.29 is 22.7 Å². The highest BCUT2D eigenvalue weighted by Crippen LogP contribution is 2.32. The molecule has 0 aliphatic rings. The molecule has 2 heterocycles. The molecule has 0 bridgehead atoms. The first-order valence-electron chi connectivity index (χ1n) is 9.83. The number of benzene rings is 2. The van der Waals surface area contributed by atoms with E-state index in [4.69, 9.17) is 4.74 Å². The van der Waals surface area contributed by atoms with E-state index >= 15 is 0 Å². The Kier molecular flexibility index (Phi) is 6.14. The number of nitrogens with one attached hydrogen (secondary N) is 1. The van der Waals surface area contributed by atoms with Crippen LogP contribution in [0, 0.1) is 0 Å². The monoisotopic (exact) mass is 474 g/mol. The lowest BCUT2D eigenvalue weighted by molar-refractivity contribution is -0.137. The quantitative estimate of drug-likeness (QED) is 0.403. The standard InChI is InChI=1S/C22H17F3N4O3S/c1-2-18-28-29-19(30)11-15(27-21(29)33-18)12-32-20(31)16-8-3-4-9-17(16)26-14-7-5-6-13(10-14)22(23,24)25/h3-11,26H,2,12H2,1H3. The molecule has 170 valence electrons. The van der Waals surface area contributed by atoms with Crippen LogP contribution in [0.3, 0.4) is 0 Å². The molecule has 0 atom stereocenters. The summed E-state index contributed by atoms with van der Waals surface area (Å²) in [6.07, 6.45) is -3.83. The van der Waals surface area contributed by atoms with Crippen molar-refractivity contribution in [3.63, 3.8) is 0 Å². The van der Waals surface area contributed by atoms with Crippen LogP contribution in [0.25, 0.3) is 4.96 Å². The molecule has 11 heteroatoms. The third-order valence-electron chi connectivity index (χ3n) is 4.61. The minimum absolute atomic E-state index is 0.124. The van der Waals surface area contributed by atoms with Crippen LogP contribution in [0.15, 0.2) is 59.4 Å². The molecular weight excluding hydrogens is 457 g/mol. The fourth-order valence-corrected chi connectivity index (χ4v) is 3.89. The van der Waals surface area contributed by atoms with E-state index in [1.54, 1.807) is 18.2 Å². The molecular formula is C22H17F3N4O3S. The average molecular weight is 474 g/mol. The van der Waals surface area contributed by atoms with E-state index in [2.05, 4.69) is 15.4 Å². The van der Waals surface area contributed by atoms with E-state index in [0.717, 1.165) is 17.1 Å². The second-order valence-electron chi connectivity index (χ2n) is 6.95. The first-order chi connectivity index (χ1) is 15.7. The summed E-state index contributed by atoms with van der Waals surface area (Å²) in [5.41, 5.74) is -0.354. The van der Waals surface area contributed by atoms with Gasteiger partial charge in [-0.1, -0.05) is 36.5 Å². The fourth-order valence-electron chi connectivity index (χ4n) is 3.03. The molecule has 0 aliphatic carbocycles. The van der Waals surface area contributed by atoms with Gasteiger partial charge in [0.25, 0.3) is 5.56 Å². The van der Waals surface area contributed by atoms with Gasteiger partial charge in [0, 0.05) is 11.8 Å². The van der Waals surface area contributed by atoms with Gasteiger partial charge in [-0.2, -0.15) is 22.8 Å². The van der Waals surface area contributed by atoms with Gasteiger partial charge in [0.15, 0.2) is 0 Å². The Hall–Kier alpha value is -3.73. The van der Waals surface area contributed by atoms with Crippen molar-refractivity contribution in [3.05, 3.63) is 86.8 Å². The van der Waals surface area contributed by atoms with Gasteiger partial charge in [0.05, 0.1) is 22.5 Å². The van der Waals surface area contributed by atoms with E-state index in [1.165, 1.54) is 40.1 Å². The van der Waals surface area contributed by atoms with Gasteiger partial charge < -0.3 is 10.1 Å². The van der Waals surface area contributed by atoms with Crippen molar-refractivity contribution in [2.45, 2.75) is 26.1 Å². The summed E-state index contributed by atoms with van der Waals surface area (Å²) in [5.74, 6) is -0.717. The molecule has 0 fully saturated rings. The van der Waals surface area contributed by atoms with Crippen molar-refractivity contribution in [3.8, 4) is 0 Å². The smallest absolute Gasteiger partial charge is 0.416 e. The highest BCUT2D eigenvalue weighted by molar-refractivity contribution is 7.16. The van der Waals surface area contributed by atoms with Crippen LogP contribution in [0.1, 0.15) is 33.5 Å². The van der Waals surface area contributed by atoms with Crippen molar-refractivity contribution >= 4 is 33.6 Å². The van der Waals surface area contributed by atoms with Gasteiger partial charge >= 0.3 is 12.1 Å². The summed E-state index contributed by atoms with van der Waals surface area (Å²) in [4.78, 5) is 29.6. The number of fused-ring (bicyclic) bond motifs is 1. The zero-order valence-corrected chi connectivity index (χ0v) is 18.0. The summed E-state index contributed by atoms with van der Waals surface area (Å²) in [6.45, 7) is 1.66. The molecule has 0 spiro atoms. The van der Waals surface area contributed by atoms with Crippen molar-refractivity contribution in [2.24, 2.45) is 0 Å². The number of rotatable bonds is 6. The zero-order valence-electron chi connectivity index (χ0n) is 17.2. The summed E-state index contributed by atoms with van der Waals surface area (Å²) < 4.78 is 45.5. The lowest BCUT2D eigenvalue weighted by Crippen LogP contribution is -2.17. The Morgan fingerprint density at radius 3 is 2.70 bits per heavy atom. The van der Waals surface area contributed by atoms with Gasteiger partial charge in [-0.3, -0.25) is 4.79 Å². The molecule has 0 unspecified atom stereocenters. The normalized spacial score (nSPS) is 11.5. The fraction of sp³-hybridized carbons (Fsp3) is 0.182. The molecule has 2 aromatic carbocycles. The van der Waals surface area contributed by atoms with Crippen molar-refractivity contribution in [1.29, 1.82) is 0 Å². The summed E-state index contributed by atoms with van der Waals surface area (Å²) in [6, 6.07) is 12.2. The van der Waals surface area contributed by atoms with Gasteiger partial charge in [0.1, 0.15) is 11.6 Å². The highest BCUT2D eigenvalue weighted by atomic mass is 32.1. The minimum Gasteiger partial charge on any atom is -0.456 e. The Bertz CT molecular complexity index is 1380. The number of hydrogen-bond donors (Lipinski definition) is 1. The third-order valence-corrected chi connectivity index (χ3v) is 5.66. The van der Waals surface area contributed by atoms with E-state index in [0.29, 0.717) is 11.4 Å². The molecule has 1 N–H and O–H groups in total. The number of carbonyl (C=O) groups excluding carboxylic acids is 1. The lowest BCUT2D eigenvalue weighted by Gasteiger charge is -2.13. The highest BCUT2D eigenvalue weighted by Gasteiger charge is 2.30. The van der Waals surface area contributed by atoms with E-state index in [-0.39, 0.29) is 34.8 Å². The maximum atomic E-state index is 13.0. The Morgan fingerprint density at radius 1 is 1.15 bits per heavy atom. The van der Waals surface area contributed by atoms with Crippen LogP contribution in [0.4, 0.5) is 24.5 Å². The number of nitrogens with zero attached hydrogens (tertiary/aromatic N) is 3. The number of ether oxygens (including phenoxy) is 1. The van der Waals surface area contributed by atoms with Gasteiger partial charge in [-0.15, -0.1) is 0 Å². The van der Waals surface area contributed by atoms with Crippen LogP contribution in [0.5, 0.6) is 0 Å². The van der Waals surface area contributed by atoms with Crippen LogP contribution in [0.2, 0.25) is 0 Å². The van der Waals surface area contributed by atoms with E-state index in [1.807, 2.05) is 6.92 Å². The summed E-state index contributed by atoms with van der Waals surface area (Å²) in [5, 5.41) is 7.74. The van der Waals surface area contributed by atoms with Gasteiger partial charge in [0.2, 0.25) is 4.96 Å². The molecule has 2 aromatic heterocycles. The van der Waals surface area contributed by atoms with Crippen LogP contribution in [-0.2, 0) is 23.9 Å². The SMILES string of the molecule is CCc1nn2c(=O)cc(COC(=O)c3ccccc3Nc3cccc(C(F)(F)F)c3)nc2s1. The zero-order chi connectivity index (χ0) is 23.6. The number of anilines is 2. The largest absolute Gasteiger partial charge is 0.456 e. The molecule has 4 rings (SSSR count). The topological polar surface area (TPSA) is 85.6 Å². The number of carbonyl (C=O) groups is 1. The second kappa shape index (κ2) is 9.02. The predicted molar refractivity (Wildman–Crippen MR) is 117 cm³/mol. The lowest BCUT2D eigenvalue weighted by atomic mass is 10.1. The number of esters is 1. The Morgan fingerprint density at radius 2 is 1.94 bits per heavy atom. The van der Waals surface area contributed by atoms with Crippen LogP contribution < -0.4 is 10.9 Å². The number of aromatic nitrogens is 3. The summed E-state index contributed by atoms with van der Waals surface area (Å²) >= 11 is 1.27. The molecule has 7 nitrogen and oxygen atoms in total. The molecule has 0 aliphatic heterocycles. The van der Waals surface area contributed by atoms with Crippen LogP contribution >= 0.6 is 11.3 Å². The van der Waals surface area contributed by atoms with Gasteiger partial charge in [-0.25, -0.2) is 9.78 Å². The second-order valence-corrected chi connectivity index (χ2v) is 8.00. The van der Waals surface area contributed by atoms with E-state index < -0.39 is 17.7 Å². The number of hydrogen-bond acceptors (Lipinski definition) is 7. The molecule has 33 heavy (non-hydrogen) atoms. The number of alkyl halides is 3. The Balaban J connectivity index is 1.52. The molecule has 0 saturated heterocycles. The summed E-state index contributed by atoms with van der Waals surface area (Å²) in [7, 11) is 0. The average Bonchev–Trinajstić information content (AvgIpc) is 3.21. The molecule has 0 radical (unpaired) electrons. The maximum Gasteiger partial charge on any atom is 0.416 e. The molecule has 0 amide bonds. The van der Waals surface area contributed by atoms with Gasteiger partial charge in [-0.05, 0) is 36.8 Å². The number of halogens is 3. The predicted octanol–water partition coefficient (Wildman–Crippen LogP) is 4.83. The van der Waals surface area contributed by atoms with Crippen LogP contribution in [-0.4, -0.2) is 20.6 Å². The third kappa shape index (κ3) is 5.03. The first kappa shape index (κ1) is 22.5.